The van der Waals surface area contributed by atoms with Crippen LogP contribution < -0.4 is 10.1 Å². The molecule has 0 saturated carbocycles. The summed E-state index contributed by atoms with van der Waals surface area (Å²) in [5.74, 6) is 1.18. The number of rotatable bonds is 5. The Kier molecular flexibility index (Phi) is 4.35. The van der Waals surface area contributed by atoms with Crippen LogP contribution in [0, 0.1) is 0 Å². The molecule has 0 fully saturated rings. The number of hydrogen-bond donors (Lipinski definition) is 1. The molecule has 1 N–H and O–H groups in total. The van der Waals surface area contributed by atoms with Gasteiger partial charge in [0.25, 0.3) is 0 Å². The Morgan fingerprint density at radius 2 is 2.26 bits per heavy atom. The van der Waals surface area contributed by atoms with E-state index in [2.05, 4.69) is 12.2 Å². The maximum Gasteiger partial charge on any atom is 0.231 e. The molecule has 4 heteroatoms. The summed E-state index contributed by atoms with van der Waals surface area (Å²) in [5, 5.41) is 3.12. The number of carbonyl (C=O) groups excluding carboxylic acids is 1. The summed E-state index contributed by atoms with van der Waals surface area (Å²) in [7, 11) is 0. The van der Waals surface area contributed by atoms with Crippen LogP contribution in [-0.4, -0.2) is 23.9 Å². The molecule has 0 spiro atoms. The average Bonchev–Trinajstić information content (AvgIpc) is 2.83. The second-order valence-electron chi connectivity index (χ2n) is 5.24. The molecule has 1 aromatic carbocycles. The number of halogens is 1. The van der Waals surface area contributed by atoms with Gasteiger partial charge in [-0.3, -0.25) is 4.79 Å². The van der Waals surface area contributed by atoms with Gasteiger partial charge in [0.1, 0.15) is 18.3 Å². The summed E-state index contributed by atoms with van der Waals surface area (Å²) < 4.78 is 5.55. The predicted molar refractivity (Wildman–Crippen MR) is 76.9 cm³/mol. The van der Waals surface area contributed by atoms with E-state index < -0.39 is 0 Å². The van der Waals surface area contributed by atoms with E-state index in [1.807, 2.05) is 31.2 Å². The molecular weight excluding hydrogens is 262 g/mol. The van der Waals surface area contributed by atoms with Crippen molar-refractivity contribution >= 4 is 17.5 Å². The number of alkyl halides is 1. The van der Waals surface area contributed by atoms with Crippen molar-refractivity contribution in [2.45, 2.75) is 38.1 Å². The molecule has 0 aromatic heterocycles. The maximum absolute atomic E-state index is 12.4. The number of nitrogens with one attached hydrogen (secondary N) is 1. The van der Waals surface area contributed by atoms with Gasteiger partial charge in [-0.05, 0) is 25.8 Å². The van der Waals surface area contributed by atoms with Crippen molar-refractivity contribution in [3.63, 3.8) is 0 Å². The number of para-hydroxylation sites is 1. The Morgan fingerprint density at radius 3 is 2.95 bits per heavy atom. The summed E-state index contributed by atoms with van der Waals surface area (Å²) >= 11 is 5.81. The molecule has 1 amide bonds. The van der Waals surface area contributed by atoms with E-state index in [0.29, 0.717) is 12.5 Å². The second kappa shape index (κ2) is 5.83. The van der Waals surface area contributed by atoms with Crippen LogP contribution in [0.3, 0.4) is 0 Å². The molecule has 0 bridgehead atoms. The zero-order valence-corrected chi connectivity index (χ0v) is 12.2. The van der Waals surface area contributed by atoms with E-state index in [0.717, 1.165) is 24.2 Å². The minimum atomic E-state index is -0.240. The SMILES string of the molecule is CCC(C)(CCCl)NC(=O)C1COc2ccccc21. The molecule has 1 aromatic rings. The van der Waals surface area contributed by atoms with Crippen LogP contribution in [0.2, 0.25) is 0 Å². The van der Waals surface area contributed by atoms with Crippen LogP contribution in [0.5, 0.6) is 5.75 Å². The molecular formula is C15H20ClNO2. The van der Waals surface area contributed by atoms with Gasteiger partial charge in [0.2, 0.25) is 5.91 Å². The van der Waals surface area contributed by atoms with Crippen LogP contribution >= 0.6 is 11.6 Å². The van der Waals surface area contributed by atoms with Gasteiger partial charge < -0.3 is 10.1 Å². The molecule has 2 atom stereocenters. The third kappa shape index (κ3) is 3.03. The van der Waals surface area contributed by atoms with Crippen LogP contribution in [0.15, 0.2) is 24.3 Å². The van der Waals surface area contributed by atoms with Crippen molar-refractivity contribution in [1.29, 1.82) is 0 Å². The van der Waals surface area contributed by atoms with Gasteiger partial charge in [0, 0.05) is 17.0 Å². The average molecular weight is 282 g/mol. The van der Waals surface area contributed by atoms with Crippen molar-refractivity contribution in [1.82, 2.24) is 5.32 Å². The number of ether oxygens (including phenoxy) is 1. The van der Waals surface area contributed by atoms with E-state index in [1.165, 1.54) is 0 Å². The number of carbonyl (C=O) groups is 1. The first-order chi connectivity index (χ1) is 9.09. The molecule has 1 aliphatic rings. The van der Waals surface area contributed by atoms with E-state index in [1.54, 1.807) is 0 Å². The van der Waals surface area contributed by atoms with Crippen molar-refractivity contribution < 1.29 is 9.53 Å². The van der Waals surface area contributed by atoms with Gasteiger partial charge in [-0.1, -0.05) is 25.1 Å². The largest absolute Gasteiger partial charge is 0.492 e. The summed E-state index contributed by atoms with van der Waals surface area (Å²) in [6.07, 6.45) is 1.63. The van der Waals surface area contributed by atoms with Gasteiger partial charge >= 0.3 is 0 Å². The third-order valence-electron chi connectivity index (χ3n) is 3.87. The smallest absolute Gasteiger partial charge is 0.231 e. The summed E-state index contributed by atoms with van der Waals surface area (Å²) in [6.45, 7) is 4.52. The normalized spacial score (nSPS) is 20.3. The first kappa shape index (κ1) is 14.2. The first-order valence-corrected chi connectivity index (χ1v) is 7.23. The van der Waals surface area contributed by atoms with Crippen molar-refractivity contribution in [2.75, 3.05) is 12.5 Å². The Labute approximate surface area is 119 Å². The third-order valence-corrected chi connectivity index (χ3v) is 4.06. The Bertz CT molecular complexity index is 463. The minimum Gasteiger partial charge on any atom is -0.492 e. The van der Waals surface area contributed by atoms with E-state index in [4.69, 9.17) is 16.3 Å². The van der Waals surface area contributed by atoms with E-state index in [-0.39, 0.29) is 17.4 Å². The van der Waals surface area contributed by atoms with Gasteiger partial charge in [-0.15, -0.1) is 11.6 Å². The summed E-state index contributed by atoms with van der Waals surface area (Å²) in [4.78, 5) is 12.4. The molecule has 0 aliphatic carbocycles. The van der Waals surface area contributed by atoms with Gasteiger partial charge in [-0.25, -0.2) is 0 Å². The van der Waals surface area contributed by atoms with E-state index >= 15 is 0 Å². The lowest BCUT2D eigenvalue weighted by molar-refractivity contribution is -0.124. The van der Waals surface area contributed by atoms with Crippen molar-refractivity contribution in [3.05, 3.63) is 29.8 Å². The zero-order valence-electron chi connectivity index (χ0n) is 11.4. The van der Waals surface area contributed by atoms with E-state index in [9.17, 15) is 4.79 Å². The Hall–Kier alpha value is -1.22. The fourth-order valence-corrected chi connectivity index (χ4v) is 2.72. The van der Waals surface area contributed by atoms with Gasteiger partial charge in [0.15, 0.2) is 0 Å². The predicted octanol–water partition coefficient (Wildman–Crippen LogP) is 3.08. The van der Waals surface area contributed by atoms with Crippen LogP contribution in [0.25, 0.3) is 0 Å². The Balaban J connectivity index is 2.10. The molecule has 0 saturated heterocycles. The van der Waals surface area contributed by atoms with Crippen LogP contribution in [0.1, 0.15) is 38.2 Å². The molecule has 1 heterocycles. The van der Waals surface area contributed by atoms with Crippen molar-refractivity contribution in [3.8, 4) is 5.75 Å². The van der Waals surface area contributed by atoms with Gasteiger partial charge in [0.05, 0.1) is 0 Å². The minimum absolute atomic E-state index is 0.0272. The quantitative estimate of drug-likeness (QED) is 0.843. The standard InChI is InChI=1S/C15H20ClNO2/c1-3-15(2,8-9-16)17-14(18)12-10-19-13-7-5-4-6-11(12)13/h4-7,12H,3,8-10H2,1-2H3,(H,17,18). The fraction of sp³-hybridized carbons (Fsp3) is 0.533. The molecule has 3 nitrogen and oxygen atoms in total. The fourth-order valence-electron chi connectivity index (χ4n) is 2.30. The number of benzene rings is 1. The summed E-state index contributed by atoms with van der Waals surface area (Å²) in [5.41, 5.74) is 0.737. The molecule has 2 unspecified atom stereocenters. The second-order valence-corrected chi connectivity index (χ2v) is 5.62. The molecule has 2 rings (SSSR count). The molecule has 0 radical (unpaired) electrons. The maximum atomic E-state index is 12.4. The van der Waals surface area contributed by atoms with Crippen molar-refractivity contribution in [2.24, 2.45) is 0 Å². The summed E-state index contributed by atoms with van der Waals surface area (Å²) in [6, 6.07) is 7.71. The highest BCUT2D eigenvalue weighted by Gasteiger charge is 2.33. The highest BCUT2D eigenvalue weighted by atomic mass is 35.5. The lowest BCUT2D eigenvalue weighted by Gasteiger charge is -2.30. The zero-order chi connectivity index (χ0) is 13.9. The lowest BCUT2D eigenvalue weighted by atomic mass is 9.93. The molecule has 19 heavy (non-hydrogen) atoms. The Morgan fingerprint density at radius 1 is 1.53 bits per heavy atom. The highest BCUT2D eigenvalue weighted by molar-refractivity contribution is 6.17. The van der Waals surface area contributed by atoms with Gasteiger partial charge in [-0.2, -0.15) is 0 Å². The lowest BCUT2D eigenvalue weighted by Crippen LogP contribution is -2.48. The highest BCUT2D eigenvalue weighted by Crippen LogP contribution is 2.34. The monoisotopic (exact) mass is 281 g/mol. The van der Waals surface area contributed by atoms with Crippen LogP contribution in [0.4, 0.5) is 0 Å². The first-order valence-electron chi connectivity index (χ1n) is 6.69. The number of hydrogen-bond acceptors (Lipinski definition) is 2. The van der Waals surface area contributed by atoms with Crippen LogP contribution in [-0.2, 0) is 4.79 Å². The molecule has 104 valence electrons. The number of amides is 1. The number of fused-ring (bicyclic) bond motifs is 1. The molecule has 1 aliphatic heterocycles. The topological polar surface area (TPSA) is 38.3 Å².